The fraction of sp³-hybridized carbons (Fsp3) is 0.500. The zero-order valence-corrected chi connectivity index (χ0v) is 12.3. The molecule has 0 bridgehead atoms. The molecule has 0 aromatic heterocycles. The van der Waals surface area contributed by atoms with Gasteiger partial charge in [0.1, 0.15) is 0 Å². The molecule has 0 saturated carbocycles. The van der Waals surface area contributed by atoms with Crippen LogP contribution < -0.4 is 0 Å². The van der Waals surface area contributed by atoms with Gasteiger partial charge in [0.2, 0.25) is 0 Å². The topological polar surface area (TPSA) is 61.8 Å². The highest BCUT2D eigenvalue weighted by atomic mass is 16.7. The molecule has 1 heterocycles. The highest BCUT2D eigenvalue weighted by molar-refractivity contribution is 5.96. The van der Waals surface area contributed by atoms with Gasteiger partial charge in [-0.1, -0.05) is 30.3 Å². The Morgan fingerprint density at radius 1 is 1.10 bits per heavy atom. The molecule has 21 heavy (non-hydrogen) atoms. The maximum Gasteiger partial charge on any atom is 0.323 e. The van der Waals surface area contributed by atoms with Crippen molar-refractivity contribution in [2.75, 3.05) is 6.61 Å². The van der Waals surface area contributed by atoms with Crippen molar-refractivity contribution in [2.24, 2.45) is 5.92 Å². The van der Waals surface area contributed by atoms with Crippen molar-refractivity contribution < 1.29 is 23.8 Å². The molecule has 0 spiro atoms. The lowest BCUT2D eigenvalue weighted by Gasteiger charge is -2.32. The monoisotopic (exact) mass is 292 g/mol. The summed E-state index contributed by atoms with van der Waals surface area (Å²) in [5.74, 6) is -3.02. The van der Waals surface area contributed by atoms with E-state index >= 15 is 0 Å². The lowest BCUT2D eigenvalue weighted by atomic mass is 10.0. The molecule has 5 nitrogen and oxygen atoms in total. The molecule has 0 radical (unpaired) electrons. The summed E-state index contributed by atoms with van der Waals surface area (Å²) in [6, 6.07) is 9.82. The van der Waals surface area contributed by atoms with E-state index in [1.54, 1.807) is 13.8 Å². The van der Waals surface area contributed by atoms with Crippen LogP contribution in [-0.2, 0) is 30.4 Å². The van der Waals surface area contributed by atoms with Gasteiger partial charge in [-0.3, -0.25) is 9.59 Å². The van der Waals surface area contributed by atoms with Gasteiger partial charge in [0.15, 0.2) is 5.92 Å². The molecule has 0 aliphatic carbocycles. The lowest BCUT2D eigenvalue weighted by molar-refractivity contribution is -0.240. The minimum Gasteiger partial charge on any atom is -0.422 e. The fourth-order valence-electron chi connectivity index (χ4n) is 2.13. The van der Waals surface area contributed by atoms with E-state index in [9.17, 15) is 9.59 Å². The van der Waals surface area contributed by atoms with Crippen LogP contribution in [0.2, 0.25) is 0 Å². The first kappa shape index (κ1) is 15.5. The molecule has 0 unspecified atom stereocenters. The van der Waals surface area contributed by atoms with E-state index in [0.717, 1.165) is 5.56 Å². The average molecular weight is 292 g/mol. The highest BCUT2D eigenvalue weighted by Crippen LogP contribution is 2.25. The van der Waals surface area contributed by atoms with Gasteiger partial charge in [0, 0.05) is 20.5 Å². The van der Waals surface area contributed by atoms with E-state index in [2.05, 4.69) is 0 Å². The first-order valence-corrected chi connectivity index (χ1v) is 7.05. The second kappa shape index (κ2) is 6.72. The third-order valence-corrected chi connectivity index (χ3v) is 3.15. The third kappa shape index (κ3) is 4.56. The summed E-state index contributed by atoms with van der Waals surface area (Å²) in [6.07, 6.45) is 0.977. The predicted molar refractivity (Wildman–Crippen MR) is 75.1 cm³/mol. The number of esters is 2. The van der Waals surface area contributed by atoms with E-state index < -0.39 is 23.6 Å². The molecule has 5 heteroatoms. The summed E-state index contributed by atoms with van der Waals surface area (Å²) in [5, 5.41) is 0. The second-order valence-electron chi connectivity index (χ2n) is 5.48. The van der Waals surface area contributed by atoms with Crippen LogP contribution in [-0.4, -0.2) is 24.3 Å². The molecular formula is C16H20O5. The molecule has 1 saturated heterocycles. The van der Waals surface area contributed by atoms with Gasteiger partial charge >= 0.3 is 11.9 Å². The average Bonchev–Trinajstić information content (AvgIpc) is 2.41. The Morgan fingerprint density at radius 3 is 2.33 bits per heavy atom. The molecule has 1 aromatic carbocycles. The predicted octanol–water partition coefficient (Wildman–Crippen LogP) is 2.44. The first-order chi connectivity index (χ1) is 9.98. The van der Waals surface area contributed by atoms with Crippen molar-refractivity contribution in [1.29, 1.82) is 0 Å². The first-order valence-electron chi connectivity index (χ1n) is 7.05. The van der Waals surface area contributed by atoms with Gasteiger partial charge in [-0.2, -0.15) is 0 Å². The van der Waals surface area contributed by atoms with Crippen LogP contribution >= 0.6 is 0 Å². The Balaban J connectivity index is 1.69. The molecule has 0 atom stereocenters. The summed E-state index contributed by atoms with van der Waals surface area (Å²) in [6.45, 7) is 4.09. The van der Waals surface area contributed by atoms with Gasteiger partial charge in [-0.05, 0) is 18.4 Å². The highest BCUT2D eigenvalue weighted by Gasteiger charge is 2.42. The summed E-state index contributed by atoms with van der Waals surface area (Å²) < 4.78 is 15.6. The minimum atomic E-state index is -1.16. The van der Waals surface area contributed by atoms with Crippen molar-refractivity contribution in [3.05, 3.63) is 35.9 Å². The van der Waals surface area contributed by atoms with E-state index in [1.165, 1.54) is 0 Å². The van der Waals surface area contributed by atoms with E-state index in [-0.39, 0.29) is 0 Å². The Bertz CT molecular complexity index is 475. The maximum absolute atomic E-state index is 11.7. The van der Waals surface area contributed by atoms with Crippen molar-refractivity contribution in [1.82, 2.24) is 0 Å². The van der Waals surface area contributed by atoms with Crippen LogP contribution in [0.1, 0.15) is 32.3 Å². The zero-order valence-electron chi connectivity index (χ0n) is 12.3. The Labute approximate surface area is 124 Å². The molecule has 1 aromatic rings. The van der Waals surface area contributed by atoms with Crippen molar-refractivity contribution in [3.63, 3.8) is 0 Å². The molecule has 2 rings (SSSR count). The minimum absolute atomic E-state index is 0.378. The molecule has 0 amide bonds. The number of rotatable bonds is 6. The Hall–Kier alpha value is -1.88. The van der Waals surface area contributed by atoms with Crippen LogP contribution in [0.5, 0.6) is 0 Å². The number of cyclic esters (lactones) is 2. The molecule has 1 fully saturated rings. The van der Waals surface area contributed by atoms with Gasteiger partial charge in [0.05, 0.1) is 6.61 Å². The van der Waals surface area contributed by atoms with E-state index in [4.69, 9.17) is 14.2 Å². The number of hydrogen-bond donors (Lipinski definition) is 0. The lowest BCUT2D eigenvalue weighted by Crippen LogP contribution is -2.46. The molecular weight excluding hydrogens is 272 g/mol. The number of benzene rings is 1. The van der Waals surface area contributed by atoms with Crippen LogP contribution in [0.15, 0.2) is 30.3 Å². The van der Waals surface area contributed by atoms with Gasteiger partial charge < -0.3 is 14.2 Å². The van der Waals surface area contributed by atoms with Crippen LogP contribution in [0.25, 0.3) is 0 Å². The Kier molecular flexibility index (Phi) is 4.96. The summed E-state index contributed by atoms with van der Waals surface area (Å²) in [5.41, 5.74) is 1.09. The van der Waals surface area contributed by atoms with Gasteiger partial charge in [0.25, 0.3) is 5.79 Å². The molecule has 1 aliphatic heterocycles. The summed E-state index contributed by atoms with van der Waals surface area (Å²) >= 11 is 0. The second-order valence-corrected chi connectivity index (χ2v) is 5.48. The fourth-order valence-corrected chi connectivity index (χ4v) is 2.13. The van der Waals surface area contributed by atoms with Crippen LogP contribution in [0.4, 0.5) is 0 Å². The van der Waals surface area contributed by atoms with Crippen molar-refractivity contribution in [3.8, 4) is 0 Å². The number of ether oxygens (including phenoxy) is 3. The quantitative estimate of drug-likeness (QED) is 0.458. The van der Waals surface area contributed by atoms with Crippen molar-refractivity contribution >= 4 is 11.9 Å². The standard InChI is InChI=1S/C16H20O5/c1-16(2)20-14(17)13(15(18)21-16)9-6-10-19-11-12-7-4-3-5-8-12/h3-5,7-8,13H,6,9-11H2,1-2H3. The normalized spacial score (nSPS) is 18.2. The Morgan fingerprint density at radius 2 is 1.71 bits per heavy atom. The zero-order chi connectivity index (χ0) is 15.3. The van der Waals surface area contributed by atoms with Gasteiger partial charge in [-0.15, -0.1) is 0 Å². The molecule has 1 aliphatic rings. The maximum atomic E-state index is 11.7. The number of hydrogen-bond acceptors (Lipinski definition) is 5. The van der Waals surface area contributed by atoms with Gasteiger partial charge in [-0.25, -0.2) is 0 Å². The SMILES string of the molecule is CC1(C)OC(=O)C(CCCOCc2ccccc2)C(=O)O1. The summed E-state index contributed by atoms with van der Waals surface area (Å²) in [4.78, 5) is 23.5. The third-order valence-electron chi connectivity index (χ3n) is 3.15. The smallest absolute Gasteiger partial charge is 0.323 e. The number of carbonyl (C=O) groups is 2. The van der Waals surface area contributed by atoms with Crippen molar-refractivity contribution in [2.45, 2.75) is 39.1 Å². The molecule has 114 valence electrons. The van der Waals surface area contributed by atoms with E-state index in [1.807, 2.05) is 30.3 Å². The van der Waals surface area contributed by atoms with Crippen LogP contribution in [0.3, 0.4) is 0 Å². The number of carbonyl (C=O) groups excluding carboxylic acids is 2. The van der Waals surface area contributed by atoms with E-state index in [0.29, 0.717) is 26.1 Å². The molecule has 0 N–H and O–H groups in total. The summed E-state index contributed by atoms with van der Waals surface area (Å²) in [7, 11) is 0. The van der Waals surface area contributed by atoms with Crippen LogP contribution in [0, 0.1) is 5.92 Å². The largest absolute Gasteiger partial charge is 0.422 e.